The molecule has 6 nitrogen and oxygen atoms in total. The molecule has 144 valence electrons. The number of benzene rings is 1. The summed E-state index contributed by atoms with van der Waals surface area (Å²) in [4.78, 5) is 25.8. The van der Waals surface area contributed by atoms with Crippen LogP contribution in [0.15, 0.2) is 18.2 Å². The number of carbonyl (C=O) groups is 2. The first-order valence-corrected chi connectivity index (χ1v) is 9.29. The molecule has 1 saturated carbocycles. The highest BCUT2D eigenvalue weighted by Crippen LogP contribution is 2.27. The highest BCUT2D eigenvalue weighted by atomic mass is 16.5. The molecule has 1 aromatic rings. The number of nitrogens with zero attached hydrogens (tertiary/aromatic N) is 1. The molecule has 2 rings (SSSR count). The van der Waals surface area contributed by atoms with E-state index >= 15 is 0 Å². The van der Waals surface area contributed by atoms with Crippen LogP contribution < -0.4 is 14.8 Å². The van der Waals surface area contributed by atoms with Crippen molar-refractivity contribution >= 4 is 11.8 Å². The van der Waals surface area contributed by atoms with Gasteiger partial charge in [0.1, 0.15) is 0 Å². The van der Waals surface area contributed by atoms with Gasteiger partial charge in [0.2, 0.25) is 11.8 Å². The second kappa shape index (κ2) is 10.0. The summed E-state index contributed by atoms with van der Waals surface area (Å²) in [6.45, 7) is 2.10. The average molecular weight is 362 g/mol. The van der Waals surface area contributed by atoms with Crippen LogP contribution >= 0.6 is 0 Å². The monoisotopic (exact) mass is 362 g/mol. The Kier molecular flexibility index (Phi) is 7.75. The third-order valence-electron chi connectivity index (χ3n) is 4.87. The predicted octanol–water partition coefficient (Wildman–Crippen LogP) is 2.54. The van der Waals surface area contributed by atoms with Crippen LogP contribution in [0.25, 0.3) is 0 Å². The summed E-state index contributed by atoms with van der Waals surface area (Å²) in [7, 11) is 3.19. The Morgan fingerprint density at radius 3 is 2.42 bits per heavy atom. The number of hydrogen-bond donors (Lipinski definition) is 1. The summed E-state index contributed by atoms with van der Waals surface area (Å²) in [6.07, 6.45) is 6.31. The van der Waals surface area contributed by atoms with E-state index in [1.165, 1.54) is 26.2 Å². The molecule has 1 aromatic carbocycles. The Labute approximate surface area is 155 Å². The van der Waals surface area contributed by atoms with Crippen LogP contribution in [0.5, 0.6) is 11.5 Å². The Morgan fingerprint density at radius 2 is 1.81 bits per heavy atom. The molecule has 0 aliphatic heterocycles. The van der Waals surface area contributed by atoms with Crippen LogP contribution in [0.1, 0.15) is 44.6 Å². The van der Waals surface area contributed by atoms with E-state index in [9.17, 15) is 9.59 Å². The number of amides is 2. The minimum Gasteiger partial charge on any atom is -0.493 e. The van der Waals surface area contributed by atoms with Gasteiger partial charge in [0.15, 0.2) is 11.5 Å². The highest BCUT2D eigenvalue weighted by molar-refractivity contribution is 5.83. The maximum atomic E-state index is 12.3. The lowest BCUT2D eigenvalue weighted by molar-refractivity contribution is -0.134. The molecule has 6 heteroatoms. The van der Waals surface area contributed by atoms with Gasteiger partial charge in [-0.2, -0.15) is 0 Å². The zero-order valence-electron chi connectivity index (χ0n) is 16.0. The normalized spacial score (nSPS) is 14.6. The first-order valence-electron chi connectivity index (χ1n) is 9.29. The predicted molar refractivity (Wildman–Crippen MR) is 101 cm³/mol. The topological polar surface area (TPSA) is 67.9 Å². The number of rotatable bonds is 8. The van der Waals surface area contributed by atoms with Gasteiger partial charge in [-0.05, 0) is 37.0 Å². The summed E-state index contributed by atoms with van der Waals surface area (Å²) in [5, 5.41) is 3.07. The Hall–Kier alpha value is -2.24. The second-order valence-electron chi connectivity index (χ2n) is 6.78. The van der Waals surface area contributed by atoms with E-state index in [0.717, 1.165) is 18.4 Å². The molecule has 0 aromatic heterocycles. The van der Waals surface area contributed by atoms with E-state index in [-0.39, 0.29) is 24.4 Å². The maximum absolute atomic E-state index is 12.3. The van der Waals surface area contributed by atoms with E-state index in [1.807, 2.05) is 18.2 Å². The maximum Gasteiger partial charge on any atom is 0.239 e. The number of hydrogen-bond acceptors (Lipinski definition) is 4. The van der Waals surface area contributed by atoms with Crippen molar-refractivity contribution in [1.29, 1.82) is 0 Å². The van der Waals surface area contributed by atoms with E-state index in [2.05, 4.69) is 5.32 Å². The van der Waals surface area contributed by atoms with Crippen molar-refractivity contribution in [3.05, 3.63) is 23.8 Å². The van der Waals surface area contributed by atoms with Gasteiger partial charge in [0.05, 0.1) is 20.8 Å². The first kappa shape index (κ1) is 20.1. The van der Waals surface area contributed by atoms with E-state index < -0.39 is 0 Å². The lowest BCUT2D eigenvalue weighted by Crippen LogP contribution is -2.44. The smallest absolute Gasteiger partial charge is 0.239 e. The summed E-state index contributed by atoms with van der Waals surface area (Å²) < 4.78 is 10.5. The molecule has 0 saturated heterocycles. The first-order chi connectivity index (χ1) is 12.5. The largest absolute Gasteiger partial charge is 0.493 e. The number of ether oxygens (including phenoxy) is 2. The second-order valence-corrected chi connectivity index (χ2v) is 6.78. The third-order valence-corrected chi connectivity index (χ3v) is 4.87. The molecule has 1 fully saturated rings. The van der Waals surface area contributed by atoms with Crippen LogP contribution in [0.4, 0.5) is 0 Å². The van der Waals surface area contributed by atoms with Crippen molar-refractivity contribution in [3.63, 3.8) is 0 Å². The number of methoxy groups -OCH3 is 2. The fraction of sp³-hybridized carbons (Fsp3) is 0.600. The van der Waals surface area contributed by atoms with Crippen LogP contribution in [0.3, 0.4) is 0 Å². The molecule has 1 N–H and O–H groups in total. The van der Waals surface area contributed by atoms with Gasteiger partial charge in [-0.3, -0.25) is 9.59 Å². The fourth-order valence-corrected chi connectivity index (χ4v) is 3.34. The van der Waals surface area contributed by atoms with E-state index in [1.54, 1.807) is 19.1 Å². The fourth-order valence-electron chi connectivity index (χ4n) is 3.34. The Balaban J connectivity index is 1.89. The quantitative estimate of drug-likeness (QED) is 0.772. The minimum atomic E-state index is -0.0933. The zero-order chi connectivity index (χ0) is 18.9. The van der Waals surface area contributed by atoms with Crippen molar-refractivity contribution in [3.8, 4) is 11.5 Å². The number of nitrogens with one attached hydrogen (secondary N) is 1. The molecule has 0 spiro atoms. The van der Waals surface area contributed by atoms with Crippen molar-refractivity contribution < 1.29 is 19.1 Å². The van der Waals surface area contributed by atoms with Crippen molar-refractivity contribution in [1.82, 2.24) is 10.2 Å². The van der Waals surface area contributed by atoms with Crippen molar-refractivity contribution in [2.45, 2.75) is 51.5 Å². The summed E-state index contributed by atoms with van der Waals surface area (Å²) in [5.74, 6) is 1.17. The molecule has 0 atom stereocenters. The van der Waals surface area contributed by atoms with E-state index in [0.29, 0.717) is 24.5 Å². The van der Waals surface area contributed by atoms with Crippen LogP contribution in [-0.4, -0.2) is 50.1 Å². The molecule has 2 amide bonds. The molecular weight excluding hydrogens is 332 g/mol. The van der Waals surface area contributed by atoms with Crippen LogP contribution in [0, 0.1) is 0 Å². The molecular formula is C20H30N2O4. The van der Waals surface area contributed by atoms with E-state index in [4.69, 9.17) is 9.47 Å². The van der Waals surface area contributed by atoms with Crippen LogP contribution in [-0.2, 0) is 16.0 Å². The van der Waals surface area contributed by atoms with Gasteiger partial charge >= 0.3 is 0 Å². The zero-order valence-corrected chi connectivity index (χ0v) is 16.0. The van der Waals surface area contributed by atoms with Gasteiger partial charge < -0.3 is 19.7 Å². The highest BCUT2D eigenvalue weighted by Gasteiger charge is 2.19. The molecule has 26 heavy (non-hydrogen) atoms. The molecule has 0 heterocycles. The Bertz CT molecular complexity index is 612. The van der Waals surface area contributed by atoms with Crippen LogP contribution in [0.2, 0.25) is 0 Å². The number of carbonyl (C=O) groups excluding carboxylic acids is 2. The molecule has 1 aliphatic carbocycles. The van der Waals surface area contributed by atoms with Gasteiger partial charge in [-0.15, -0.1) is 0 Å². The molecule has 0 bridgehead atoms. The van der Waals surface area contributed by atoms with Crippen molar-refractivity contribution in [2.75, 3.05) is 27.3 Å². The molecule has 0 unspecified atom stereocenters. The average Bonchev–Trinajstić information content (AvgIpc) is 2.65. The van der Waals surface area contributed by atoms with Gasteiger partial charge in [-0.1, -0.05) is 25.3 Å². The van der Waals surface area contributed by atoms with Gasteiger partial charge in [0.25, 0.3) is 0 Å². The van der Waals surface area contributed by atoms with Gasteiger partial charge in [-0.25, -0.2) is 0 Å². The molecule has 0 radical (unpaired) electrons. The lowest BCUT2D eigenvalue weighted by Gasteiger charge is -2.25. The molecule has 1 aliphatic rings. The minimum absolute atomic E-state index is 0.0700. The SMILES string of the molecule is COc1ccc(CCN(CC(=O)NC2CCCCC2)C(C)=O)cc1OC. The standard InChI is InChI=1S/C20H30N2O4/c1-15(23)22(14-20(24)21-17-7-5-4-6-8-17)12-11-16-9-10-18(25-2)19(13-16)26-3/h9-10,13,17H,4-8,11-12,14H2,1-3H3,(H,21,24). The lowest BCUT2D eigenvalue weighted by atomic mass is 9.95. The summed E-state index contributed by atoms with van der Waals surface area (Å²) >= 11 is 0. The third kappa shape index (κ3) is 5.93. The van der Waals surface area contributed by atoms with Crippen molar-refractivity contribution in [2.24, 2.45) is 0 Å². The summed E-state index contributed by atoms with van der Waals surface area (Å²) in [6, 6.07) is 5.96. The summed E-state index contributed by atoms with van der Waals surface area (Å²) in [5.41, 5.74) is 1.03. The van der Waals surface area contributed by atoms with Gasteiger partial charge in [0, 0.05) is 19.5 Å². The Morgan fingerprint density at radius 1 is 1.12 bits per heavy atom.